The van der Waals surface area contributed by atoms with E-state index in [-0.39, 0.29) is 5.91 Å². The van der Waals surface area contributed by atoms with Gasteiger partial charge in [-0.05, 0) is 59.0 Å². The standard InChI is InChI=1S/C27H30ClN3O/c1-19(2)26(25-6-4-3-5-24(25)20-7-11-22(28)12-8-20)31-17-15-30(16-18-31)23-13-9-21(10-14-23)27(29)32/h3-14,19,26H,15-18H2,1-2H3,(H2,29,32). The lowest BCUT2D eigenvalue weighted by molar-refractivity contribution is 0.100. The van der Waals surface area contributed by atoms with E-state index in [0.717, 1.165) is 36.9 Å². The molecule has 32 heavy (non-hydrogen) atoms. The summed E-state index contributed by atoms with van der Waals surface area (Å²) in [5, 5.41) is 0.756. The number of amides is 1. The number of carbonyl (C=O) groups excluding carboxylic acids is 1. The predicted octanol–water partition coefficient (Wildman–Crippen LogP) is 5.63. The maximum absolute atomic E-state index is 11.3. The second kappa shape index (κ2) is 9.76. The van der Waals surface area contributed by atoms with Gasteiger partial charge in [-0.1, -0.05) is 61.8 Å². The molecule has 1 aliphatic rings. The third-order valence-corrected chi connectivity index (χ3v) is 6.54. The zero-order valence-corrected chi connectivity index (χ0v) is 19.4. The summed E-state index contributed by atoms with van der Waals surface area (Å²) in [6.45, 7) is 8.46. The van der Waals surface area contributed by atoms with Gasteiger partial charge in [0, 0.05) is 48.5 Å². The van der Waals surface area contributed by atoms with E-state index in [2.05, 4.69) is 60.0 Å². The molecule has 0 aromatic heterocycles. The van der Waals surface area contributed by atoms with Crippen LogP contribution in [0.25, 0.3) is 11.1 Å². The van der Waals surface area contributed by atoms with Gasteiger partial charge in [-0.2, -0.15) is 0 Å². The minimum absolute atomic E-state index is 0.335. The smallest absolute Gasteiger partial charge is 0.248 e. The molecule has 5 heteroatoms. The van der Waals surface area contributed by atoms with Crippen LogP contribution in [-0.4, -0.2) is 37.0 Å². The summed E-state index contributed by atoms with van der Waals surface area (Å²) >= 11 is 6.13. The van der Waals surface area contributed by atoms with E-state index in [1.807, 2.05) is 36.4 Å². The van der Waals surface area contributed by atoms with Crippen LogP contribution in [-0.2, 0) is 0 Å². The highest BCUT2D eigenvalue weighted by Crippen LogP contribution is 2.37. The number of rotatable bonds is 6. The molecule has 1 saturated heterocycles. The first-order valence-electron chi connectivity index (χ1n) is 11.2. The fourth-order valence-corrected chi connectivity index (χ4v) is 4.85. The summed E-state index contributed by atoms with van der Waals surface area (Å²) in [6, 6.07) is 24.8. The SMILES string of the molecule is CC(C)C(c1ccccc1-c1ccc(Cl)cc1)N1CCN(c2ccc(C(N)=O)cc2)CC1. The van der Waals surface area contributed by atoms with Crippen molar-refractivity contribution in [1.29, 1.82) is 0 Å². The molecule has 1 unspecified atom stereocenters. The third-order valence-electron chi connectivity index (χ3n) is 6.29. The molecular formula is C27H30ClN3O. The maximum atomic E-state index is 11.3. The number of nitrogens with zero attached hydrogens (tertiary/aromatic N) is 2. The lowest BCUT2D eigenvalue weighted by Gasteiger charge is -2.42. The molecule has 1 aliphatic heterocycles. The molecule has 1 fully saturated rings. The average molecular weight is 448 g/mol. The van der Waals surface area contributed by atoms with Crippen molar-refractivity contribution in [3.8, 4) is 11.1 Å². The molecule has 166 valence electrons. The van der Waals surface area contributed by atoms with E-state index in [0.29, 0.717) is 17.5 Å². The van der Waals surface area contributed by atoms with Crippen LogP contribution in [0.1, 0.15) is 35.8 Å². The highest BCUT2D eigenvalue weighted by molar-refractivity contribution is 6.30. The molecule has 1 amide bonds. The van der Waals surface area contributed by atoms with Crippen LogP contribution in [0.5, 0.6) is 0 Å². The van der Waals surface area contributed by atoms with E-state index < -0.39 is 0 Å². The van der Waals surface area contributed by atoms with Gasteiger partial charge in [-0.15, -0.1) is 0 Å². The zero-order valence-electron chi connectivity index (χ0n) is 18.7. The first-order valence-corrected chi connectivity index (χ1v) is 11.6. The second-order valence-electron chi connectivity index (χ2n) is 8.72. The van der Waals surface area contributed by atoms with Crippen molar-refractivity contribution in [2.75, 3.05) is 31.1 Å². The Hall–Kier alpha value is -2.82. The van der Waals surface area contributed by atoms with Gasteiger partial charge < -0.3 is 10.6 Å². The largest absolute Gasteiger partial charge is 0.369 e. The molecule has 0 saturated carbocycles. The van der Waals surface area contributed by atoms with E-state index >= 15 is 0 Å². The molecule has 2 N–H and O–H groups in total. The second-order valence-corrected chi connectivity index (χ2v) is 9.15. The van der Waals surface area contributed by atoms with Crippen LogP contribution in [0.3, 0.4) is 0 Å². The number of anilines is 1. The number of carbonyl (C=O) groups is 1. The average Bonchev–Trinajstić information content (AvgIpc) is 2.80. The lowest BCUT2D eigenvalue weighted by atomic mass is 9.87. The summed E-state index contributed by atoms with van der Waals surface area (Å²) in [5.41, 5.74) is 10.9. The van der Waals surface area contributed by atoms with Gasteiger partial charge >= 0.3 is 0 Å². The van der Waals surface area contributed by atoms with Gasteiger partial charge in [0.25, 0.3) is 0 Å². The Balaban J connectivity index is 1.54. The fourth-order valence-electron chi connectivity index (χ4n) is 4.72. The molecule has 1 heterocycles. The predicted molar refractivity (Wildman–Crippen MR) is 133 cm³/mol. The summed E-state index contributed by atoms with van der Waals surface area (Å²) < 4.78 is 0. The minimum Gasteiger partial charge on any atom is -0.369 e. The number of nitrogens with two attached hydrogens (primary N) is 1. The van der Waals surface area contributed by atoms with E-state index in [4.69, 9.17) is 17.3 Å². The van der Waals surface area contributed by atoms with Crippen molar-refractivity contribution >= 4 is 23.2 Å². The lowest BCUT2D eigenvalue weighted by Crippen LogP contribution is -2.48. The molecule has 3 aromatic carbocycles. The van der Waals surface area contributed by atoms with Gasteiger partial charge in [0.2, 0.25) is 5.91 Å². The molecule has 3 aromatic rings. The third kappa shape index (κ3) is 4.82. The van der Waals surface area contributed by atoms with Gasteiger partial charge in [0.05, 0.1) is 0 Å². The van der Waals surface area contributed by atoms with Crippen LogP contribution in [0.4, 0.5) is 5.69 Å². The summed E-state index contributed by atoms with van der Waals surface area (Å²) in [7, 11) is 0. The van der Waals surface area contributed by atoms with E-state index in [1.165, 1.54) is 16.7 Å². The van der Waals surface area contributed by atoms with Crippen LogP contribution < -0.4 is 10.6 Å². The molecular weight excluding hydrogens is 418 g/mol. The fraction of sp³-hybridized carbons (Fsp3) is 0.296. The topological polar surface area (TPSA) is 49.6 Å². The Labute approximate surface area is 195 Å². The minimum atomic E-state index is -0.388. The monoisotopic (exact) mass is 447 g/mol. The Morgan fingerprint density at radius 1 is 0.875 bits per heavy atom. The zero-order chi connectivity index (χ0) is 22.7. The van der Waals surface area contributed by atoms with Crippen molar-refractivity contribution < 1.29 is 4.79 Å². The number of halogens is 1. The number of primary amides is 1. The van der Waals surface area contributed by atoms with Crippen LogP contribution in [0.2, 0.25) is 5.02 Å². The molecule has 4 nitrogen and oxygen atoms in total. The Kier molecular flexibility index (Phi) is 6.83. The van der Waals surface area contributed by atoms with Crippen LogP contribution in [0.15, 0.2) is 72.8 Å². The van der Waals surface area contributed by atoms with Crippen LogP contribution in [0, 0.1) is 5.92 Å². The van der Waals surface area contributed by atoms with Crippen molar-refractivity contribution in [1.82, 2.24) is 4.90 Å². The van der Waals surface area contributed by atoms with Gasteiger partial charge in [0.1, 0.15) is 0 Å². The molecule has 0 radical (unpaired) electrons. The number of benzene rings is 3. The molecule has 0 aliphatic carbocycles. The van der Waals surface area contributed by atoms with Gasteiger partial charge in [0.15, 0.2) is 0 Å². The first-order chi connectivity index (χ1) is 15.4. The normalized spacial score (nSPS) is 15.7. The van der Waals surface area contributed by atoms with Crippen molar-refractivity contribution in [2.24, 2.45) is 11.7 Å². The van der Waals surface area contributed by atoms with Crippen molar-refractivity contribution in [3.05, 3.63) is 88.9 Å². The Bertz CT molecular complexity index is 1060. The van der Waals surface area contributed by atoms with E-state index in [9.17, 15) is 4.79 Å². The van der Waals surface area contributed by atoms with E-state index in [1.54, 1.807) is 0 Å². The maximum Gasteiger partial charge on any atom is 0.248 e. The Morgan fingerprint density at radius 2 is 1.50 bits per heavy atom. The Morgan fingerprint density at radius 3 is 2.09 bits per heavy atom. The number of hydrogen-bond donors (Lipinski definition) is 1. The molecule has 0 bridgehead atoms. The van der Waals surface area contributed by atoms with Crippen molar-refractivity contribution in [3.63, 3.8) is 0 Å². The summed E-state index contributed by atoms with van der Waals surface area (Å²) in [6.07, 6.45) is 0. The highest BCUT2D eigenvalue weighted by atomic mass is 35.5. The molecule has 4 rings (SSSR count). The van der Waals surface area contributed by atoms with Gasteiger partial charge in [-0.3, -0.25) is 9.69 Å². The first kappa shape index (κ1) is 22.4. The molecule has 0 spiro atoms. The van der Waals surface area contributed by atoms with Crippen molar-refractivity contribution in [2.45, 2.75) is 19.9 Å². The number of hydrogen-bond acceptors (Lipinski definition) is 3. The van der Waals surface area contributed by atoms with Gasteiger partial charge in [-0.25, -0.2) is 0 Å². The summed E-state index contributed by atoms with van der Waals surface area (Å²) in [5.74, 6) is 0.0883. The van der Waals surface area contributed by atoms with Crippen LogP contribution >= 0.6 is 11.6 Å². The highest BCUT2D eigenvalue weighted by Gasteiger charge is 2.29. The number of piperazine rings is 1. The molecule has 1 atom stereocenters. The summed E-state index contributed by atoms with van der Waals surface area (Å²) in [4.78, 5) is 16.3. The quantitative estimate of drug-likeness (QED) is 0.533.